The summed E-state index contributed by atoms with van der Waals surface area (Å²) in [6.45, 7) is 3.68. The predicted octanol–water partition coefficient (Wildman–Crippen LogP) is 3.90. The molecular weight excluding hydrogens is 405 g/mol. The maximum Gasteiger partial charge on any atom is 0.446 e. The predicted molar refractivity (Wildman–Crippen MR) is 103 cm³/mol. The van der Waals surface area contributed by atoms with E-state index >= 15 is 0 Å². The molecule has 0 atom stereocenters. The van der Waals surface area contributed by atoms with Gasteiger partial charge >= 0.3 is 11.5 Å². The van der Waals surface area contributed by atoms with Crippen LogP contribution in [0.1, 0.15) is 25.1 Å². The molecule has 10 heteroatoms. The van der Waals surface area contributed by atoms with Gasteiger partial charge in [-0.25, -0.2) is 9.69 Å². The summed E-state index contributed by atoms with van der Waals surface area (Å²) in [6, 6.07) is 8.10. The van der Waals surface area contributed by atoms with E-state index in [1.165, 1.54) is 29.2 Å². The van der Waals surface area contributed by atoms with Crippen molar-refractivity contribution in [3.63, 3.8) is 0 Å². The van der Waals surface area contributed by atoms with Crippen LogP contribution in [0, 0.1) is 0 Å². The zero-order valence-corrected chi connectivity index (χ0v) is 16.5. The van der Waals surface area contributed by atoms with Crippen LogP contribution >= 0.6 is 11.8 Å². The summed E-state index contributed by atoms with van der Waals surface area (Å²) in [7, 11) is 0. The zero-order valence-electron chi connectivity index (χ0n) is 15.7. The standard InChI is InChI=1S/C19H19F3N4O2S/c1-18(2)16(27)26(14-3-5-15(6-4-14)29-19(20,21)22)17(28)25(18)11-12-7-8-24-13(9-12)10-23/h3-9H,10-11,23H2,1-2H3. The number of imide groups is 1. The highest BCUT2D eigenvalue weighted by molar-refractivity contribution is 8.00. The summed E-state index contributed by atoms with van der Waals surface area (Å²) in [5.74, 6) is -0.452. The second-order valence-electron chi connectivity index (χ2n) is 6.97. The number of nitrogens with zero attached hydrogens (tertiary/aromatic N) is 3. The van der Waals surface area contributed by atoms with Gasteiger partial charge in [-0.3, -0.25) is 9.78 Å². The Morgan fingerprint density at radius 2 is 1.79 bits per heavy atom. The average Bonchev–Trinajstić information content (AvgIpc) is 2.81. The maximum atomic E-state index is 13.0. The third kappa shape index (κ3) is 4.38. The van der Waals surface area contributed by atoms with E-state index in [-0.39, 0.29) is 35.4 Å². The van der Waals surface area contributed by atoms with Crippen LogP contribution in [0.4, 0.5) is 23.7 Å². The molecule has 3 rings (SSSR count). The highest BCUT2D eigenvalue weighted by Gasteiger charge is 2.51. The summed E-state index contributed by atoms with van der Waals surface area (Å²) in [4.78, 5) is 32.4. The first-order valence-electron chi connectivity index (χ1n) is 8.69. The molecule has 0 aliphatic carbocycles. The Morgan fingerprint density at radius 1 is 1.14 bits per heavy atom. The van der Waals surface area contributed by atoms with Gasteiger partial charge in [0.05, 0.1) is 11.4 Å². The number of alkyl halides is 3. The van der Waals surface area contributed by atoms with Gasteiger partial charge in [-0.2, -0.15) is 13.2 Å². The van der Waals surface area contributed by atoms with Gasteiger partial charge in [0.1, 0.15) is 5.54 Å². The Bertz CT molecular complexity index is 932. The number of carbonyl (C=O) groups is 2. The molecule has 2 heterocycles. The molecule has 1 saturated heterocycles. The summed E-state index contributed by atoms with van der Waals surface area (Å²) < 4.78 is 37.5. The number of rotatable bonds is 5. The van der Waals surface area contributed by atoms with Crippen molar-refractivity contribution >= 4 is 29.4 Å². The molecule has 1 fully saturated rings. The lowest BCUT2D eigenvalue weighted by Gasteiger charge is -2.27. The van der Waals surface area contributed by atoms with E-state index in [0.717, 1.165) is 10.5 Å². The van der Waals surface area contributed by atoms with Crippen molar-refractivity contribution in [3.8, 4) is 0 Å². The number of hydrogen-bond acceptors (Lipinski definition) is 5. The minimum Gasteiger partial charge on any atom is -0.325 e. The molecule has 6 nitrogen and oxygen atoms in total. The van der Waals surface area contributed by atoms with Crippen LogP contribution < -0.4 is 10.6 Å². The molecule has 0 unspecified atom stereocenters. The number of benzene rings is 1. The molecule has 0 bridgehead atoms. The van der Waals surface area contributed by atoms with Gasteiger partial charge in [0.15, 0.2) is 0 Å². The molecule has 1 aliphatic rings. The third-order valence-corrected chi connectivity index (χ3v) is 5.32. The molecule has 1 aromatic heterocycles. The van der Waals surface area contributed by atoms with Crippen LogP contribution in [0.25, 0.3) is 0 Å². The monoisotopic (exact) mass is 424 g/mol. The number of carbonyl (C=O) groups excluding carboxylic acids is 2. The summed E-state index contributed by atoms with van der Waals surface area (Å²) in [5.41, 5.74) is 1.72. The van der Waals surface area contributed by atoms with Crippen LogP contribution in [0.5, 0.6) is 0 Å². The molecule has 0 spiro atoms. The van der Waals surface area contributed by atoms with Crippen molar-refractivity contribution in [1.82, 2.24) is 9.88 Å². The lowest BCUT2D eigenvalue weighted by atomic mass is 10.0. The molecule has 2 aromatic rings. The number of aromatic nitrogens is 1. The van der Waals surface area contributed by atoms with Gasteiger partial charge in [0.25, 0.3) is 5.91 Å². The van der Waals surface area contributed by atoms with Crippen molar-refractivity contribution in [2.45, 2.75) is 42.9 Å². The molecule has 29 heavy (non-hydrogen) atoms. The Balaban J connectivity index is 1.86. The Kier molecular flexibility index (Phi) is 5.59. The van der Waals surface area contributed by atoms with Crippen molar-refractivity contribution < 1.29 is 22.8 Å². The van der Waals surface area contributed by atoms with Crippen LogP contribution in [0.15, 0.2) is 47.5 Å². The third-order valence-electron chi connectivity index (χ3n) is 4.58. The normalized spacial score (nSPS) is 16.6. The summed E-state index contributed by atoms with van der Waals surface area (Å²) >= 11 is -0.256. The first kappa shape index (κ1) is 21.1. The van der Waals surface area contributed by atoms with Crippen LogP contribution in [-0.4, -0.2) is 32.9 Å². The molecule has 0 saturated carbocycles. The summed E-state index contributed by atoms with van der Waals surface area (Å²) in [6.07, 6.45) is 1.59. The minimum atomic E-state index is -4.41. The van der Waals surface area contributed by atoms with Crippen molar-refractivity contribution in [1.29, 1.82) is 0 Å². The number of halogens is 3. The maximum absolute atomic E-state index is 13.0. The highest BCUT2D eigenvalue weighted by atomic mass is 32.2. The topological polar surface area (TPSA) is 79.5 Å². The number of hydrogen-bond donors (Lipinski definition) is 1. The first-order valence-corrected chi connectivity index (χ1v) is 9.50. The van der Waals surface area contributed by atoms with Gasteiger partial charge in [0.2, 0.25) is 0 Å². The fourth-order valence-corrected chi connectivity index (χ4v) is 3.59. The lowest BCUT2D eigenvalue weighted by molar-refractivity contribution is -0.123. The number of pyridine rings is 1. The van der Waals surface area contributed by atoms with E-state index in [1.807, 2.05) is 0 Å². The highest BCUT2D eigenvalue weighted by Crippen LogP contribution is 2.38. The minimum absolute atomic E-state index is 0.0254. The second-order valence-corrected chi connectivity index (χ2v) is 8.11. The van der Waals surface area contributed by atoms with E-state index in [4.69, 9.17) is 5.73 Å². The van der Waals surface area contributed by atoms with Gasteiger partial charge in [-0.05, 0) is 67.6 Å². The molecule has 1 aliphatic heterocycles. The van der Waals surface area contributed by atoms with E-state index in [0.29, 0.717) is 5.69 Å². The number of urea groups is 1. The molecule has 1 aromatic carbocycles. The first-order chi connectivity index (χ1) is 13.5. The molecule has 154 valence electrons. The van der Waals surface area contributed by atoms with Crippen molar-refractivity contribution in [2.24, 2.45) is 5.73 Å². The fraction of sp³-hybridized carbons (Fsp3) is 0.316. The van der Waals surface area contributed by atoms with Crippen LogP contribution in [0.3, 0.4) is 0 Å². The fourth-order valence-electron chi connectivity index (χ4n) is 3.05. The Hall–Kier alpha value is -2.59. The molecule has 0 radical (unpaired) electrons. The van der Waals surface area contributed by atoms with Crippen molar-refractivity contribution in [2.75, 3.05) is 4.90 Å². The Morgan fingerprint density at radius 3 is 2.38 bits per heavy atom. The Labute approximate surface area is 169 Å². The largest absolute Gasteiger partial charge is 0.446 e. The van der Waals surface area contributed by atoms with Gasteiger partial charge in [-0.1, -0.05) is 0 Å². The smallest absolute Gasteiger partial charge is 0.325 e. The molecule has 3 amide bonds. The quantitative estimate of drug-likeness (QED) is 0.582. The lowest BCUT2D eigenvalue weighted by Crippen LogP contribution is -2.43. The number of nitrogens with two attached hydrogens (primary N) is 1. The van der Waals surface area contributed by atoms with Crippen LogP contribution in [-0.2, 0) is 17.9 Å². The zero-order chi connectivity index (χ0) is 21.4. The number of amides is 3. The average molecular weight is 424 g/mol. The SMILES string of the molecule is CC1(C)C(=O)N(c2ccc(SC(F)(F)F)cc2)C(=O)N1Cc1ccnc(CN)c1. The second kappa shape index (κ2) is 7.68. The molecule has 2 N–H and O–H groups in total. The number of anilines is 1. The van der Waals surface area contributed by atoms with Crippen LogP contribution in [0.2, 0.25) is 0 Å². The van der Waals surface area contributed by atoms with Gasteiger partial charge in [0, 0.05) is 24.2 Å². The van der Waals surface area contributed by atoms with Crippen molar-refractivity contribution in [3.05, 3.63) is 53.9 Å². The van der Waals surface area contributed by atoms with E-state index in [1.54, 1.807) is 32.2 Å². The number of thioether (sulfide) groups is 1. The van der Waals surface area contributed by atoms with E-state index in [9.17, 15) is 22.8 Å². The summed E-state index contributed by atoms with van der Waals surface area (Å²) in [5, 5.41) is 0. The molecular formula is C19H19F3N4O2S. The van der Waals surface area contributed by atoms with E-state index < -0.39 is 23.0 Å². The van der Waals surface area contributed by atoms with Gasteiger partial charge in [-0.15, -0.1) is 0 Å². The van der Waals surface area contributed by atoms with E-state index in [2.05, 4.69) is 4.98 Å². The van der Waals surface area contributed by atoms with Gasteiger partial charge < -0.3 is 10.6 Å².